The van der Waals surface area contributed by atoms with Gasteiger partial charge in [0.15, 0.2) is 0 Å². The molecule has 1 amide bonds. The number of carbonyl (C=O) groups excluding carboxylic acids is 1. The normalized spacial score (nSPS) is 16.4. The summed E-state index contributed by atoms with van der Waals surface area (Å²) in [4.78, 5) is 19.6. The van der Waals surface area contributed by atoms with Crippen LogP contribution in [0.5, 0.6) is 5.88 Å². The molecule has 28 heavy (non-hydrogen) atoms. The number of nitrogens with zero attached hydrogens (tertiary/aromatic N) is 2. The van der Waals surface area contributed by atoms with Crippen LogP contribution in [0.1, 0.15) is 23.5 Å². The molecule has 3 aromatic rings. The molecular weight excluding hydrogens is 416 g/mol. The quantitative estimate of drug-likeness (QED) is 0.584. The van der Waals surface area contributed by atoms with Gasteiger partial charge in [0.25, 0.3) is 0 Å². The van der Waals surface area contributed by atoms with Gasteiger partial charge < -0.3 is 9.64 Å². The van der Waals surface area contributed by atoms with Crippen LogP contribution in [0.2, 0.25) is 0 Å². The molecule has 0 saturated carbocycles. The Hall–Kier alpha value is -2.66. The van der Waals surface area contributed by atoms with Crippen molar-refractivity contribution in [2.75, 3.05) is 13.1 Å². The van der Waals surface area contributed by atoms with Crippen LogP contribution in [-0.2, 0) is 4.79 Å². The number of likely N-dealkylation sites (tertiary alicyclic amines) is 1. The van der Waals surface area contributed by atoms with E-state index in [1.54, 1.807) is 6.20 Å². The molecular formula is C23H21BrN2O2. The second-order valence-electron chi connectivity index (χ2n) is 6.88. The molecule has 0 aliphatic carbocycles. The van der Waals surface area contributed by atoms with Gasteiger partial charge in [-0.1, -0.05) is 60.7 Å². The maximum atomic E-state index is 13.4. The molecule has 1 fully saturated rings. The molecule has 5 heteroatoms. The van der Waals surface area contributed by atoms with Gasteiger partial charge in [0, 0.05) is 29.7 Å². The van der Waals surface area contributed by atoms with E-state index in [1.165, 1.54) is 0 Å². The lowest BCUT2D eigenvalue weighted by Gasteiger charge is -2.24. The fourth-order valence-electron chi connectivity index (χ4n) is 3.58. The lowest BCUT2D eigenvalue weighted by atomic mass is 9.90. The zero-order valence-corrected chi connectivity index (χ0v) is 17.0. The number of aromatic nitrogens is 1. The molecule has 2 heterocycles. The third-order valence-electron chi connectivity index (χ3n) is 4.96. The molecule has 0 spiro atoms. The maximum Gasteiger partial charge on any atom is 0.234 e. The number of hydrogen-bond acceptors (Lipinski definition) is 3. The SMILES string of the molecule is O=C(C(c1ccccc1)c1ccccc1)N1CC[C@H](Oc2ccc(Br)cn2)C1. The highest BCUT2D eigenvalue weighted by atomic mass is 79.9. The van der Waals surface area contributed by atoms with Crippen molar-refractivity contribution in [3.8, 4) is 5.88 Å². The molecule has 142 valence electrons. The first-order chi connectivity index (χ1) is 13.7. The van der Waals surface area contributed by atoms with Gasteiger partial charge in [0.1, 0.15) is 6.10 Å². The summed E-state index contributed by atoms with van der Waals surface area (Å²) in [7, 11) is 0. The monoisotopic (exact) mass is 436 g/mol. The standard InChI is InChI=1S/C23H21BrN2O2/c24-19-11-12-21(25-15-19)28-20-13-14-26(16-20)23(27)22(17-7-3-1-4-8-17)18-9-5-2-6-10-18/h1-12,15,20,22H,13-14,16H2/t20-/m0/s1. The summed E-state index contributed by atoms with van der Waals surface area (Å²) >= 11 is 3.38. The van der Waals surface area contributed by atoms with Gasteiger partial charge in [0.2, 0.25) is 11.8 Å². The molecule has 1 saturated heterocycles. The predicted octanol–water partition coefficient (Wildman–Crippen LogP) is 4.66. The molecule has 1 aliphatic rings. The van der Waals surface area contributed by atoms with Crippen molar-refractivity contribution >= 4 is 21.8 Å². The minimum Gasteiger partial charge on any atom is -0.472 e. The molecule has 2 aromatic carbocycles. The Labute approximate surface area is 173 Å². The average molecular weight is 437 g/mol. The van der Waals surface area contributed by atoms with Crippen LogP contribution in [-0.4, -0.2) is 35.0 Å². The van der Waals surface area contributed by atoms with Gasteiger partial charge in [-0.05, 0) is 33.1 Å². The van der Waals surface area contributed by atoms with Gasteiger partial charge in [0.05, 0.1) is 12.5 Å². The molecule has 1 aromatic heterocycles. The molecule has 1 atom stereocenters. The highest BCUT2D eigenvalue weighted by Gasteiger charge is 2.33. The first-order valence-electron chi connectivity index (χ1n) is 9.37. The Morgan fingerprint density at radius 3 is 2.21 bits per heavy atom. The van der Waals surface area contributed by atoms with E-state index in [9.17, 15) is 4.79 Å². The Bertz CT molecular complexity index is 877. The third-order valence-corrected chi connectivity index (χ3v) is 5.43. The highest BCUT2D eigenvalue weighted by Crippen LogP contribution is 2.29. The van der Waals surface area contributed by atoms with Crippen molar-refractivity contribution in [2.24, 2.45) is 0 Å². The maximum absolute atomic E-state index is 13.4. The molecule has 0 radical (unpaired) electrons. The molecule has 0 bridgehead atoms. The lowest BCUT2D eigenvalue weighted by molar-refractivity contribution is -0.131. The fourth-order valence-corrected chi connectivity index (χ4v) is 3.81. The van der Waals surface area contributed by atoms with Gasteiger partial charge in [-0.2, -0.15) is 0 Å². The Morgan fingerprint density at radius 2 is 1.64 bits per heavy atom. The summed E-state index contributed by atoms with van der Waals surface area (Å²) in [6.07, 6.45) is 2.48. The first kappa shape index (κ1) is 18.7. The molecule has 0 N–H and O–H groups in total. The molecule has 0 unspecified atom stereocenters. The average Bonchev–Trinajstić information content (AvgIpc) is 3.20. The summed E-state index contributed by atoms with van der Waals surface area (Å²) in [5.41, 5.74) is 2.02. The third kappa shape index (κ3) is 4.25. The Balaban J connectivity index is 1.51. The van der Waals surface area contributed by atoms with Crippen LogP contribution in [0.4, 0.5) is 0 Å². The van der Waals surface area contributed by atoms with Gasteiger partial charge in [-0.15, -0.1) is 0 Å². The number of amides is 1. The molecule has 4 rings (SSSR count). The minimum atomic E-state index is -0.299. The van der Waals surface area contributed by atoms with E-state index in [4.69, 9.17) is 4.74 Å². The van der Waals surface area contributed by atoms with Gasteiger partial charge in [-0.25, -0.2) is 4.98 Å². The highest BCUT2D eigenvalue weighted by molar-refractivity contribution is 9.10. The van der Waals surface area contributed by atoms with Crippen molar-refractivity contribution in [2.45, 2.75) is 18.4 Å². The Morgan fingerprint density at radius 1 is 1.00 bits per heavy atom. The van der Waals surface area contributed by atoms with Crippen molar-refractivity contribution < 1.29 is 9.53 Å². The molecule has 1 aliphatic heterocycles. The van der Waals surface area contributed by atoms with Crippen molar-refractivity contribution in [3.05, 3.63) is 94.6 Å². The van der Waals surface area contributed by atoms with E-state index in [0.717, 1.165) is 22.0 Å². The van der Waals surface area contributed by atoms with Crippen LogP contribution in [0.25, 0.3) is 0 Å². The van der Waals surface area contributed by atoms with E-state index >= 15 is 0 Å². The number of rotatable bonds is 5. The van der Waals surface area contributed by atoms with Crippen molar-refractivity contribution in [1.29, 1.82) is 0 Å². The van der Waals surface area contributed by atoms with E-state index in [0.29, 0.717) is 19.0 Å². The lowest BCUT2D eigenvalue weighted by Crippen LogP contribution is -2.35. The summed E-state index contributed by atoms with van der Waals surface area (Å²) in [5.74, 6) is 0.407. The van der Waals surface area contributed by atoms with Gasteiger partial charge in [-0.3, -0.25) is 4.79 Å². The smallest absolute Gasteiger partial charge is 0.234 e. The van der Waals surface area contributed by atoms with Crippen LogP contribution >= 0.6 is 15.9 Å². The van der Waals surface area contributed by atoms with Crippen LogP contribution in [0.3, 0.4) is 0 Å². The van der Waals surface area contributed by atoms with Crippen molar-refractivity contribution in [1.82, 2.24) is 9.88 Å². The minimum absolute atomic E-state index is 0.0372. The van der Waals surface area contributed by atoms with Crippen LogP contribution in [0, 0.1) is 0 Å². The topological polar surface area (TPSA) is 42.4 Å². The Kier molecular flexibility index (Phi) is 5.72. The number of benzene rings is 2. The second-order valence-corrected chi connectivity index (χ2v) is 7.80. The second kappa shape index (κ2) is 8.57. The molecule has 4 nitrogen and oxygen atoms in total. The van der Waals surface area contributed by atoms with Gasteiger partial charge >= 0.3 is 0 Å². The predicted molar refractivity (Wildman–Crippen MR) is 112 cm³/mol. The van der Waals surface area contributed by atoms with Crippen molar-refractivity contribution in [3.63, 3.8) is 0 Å². The van der Waals surface area contributed by atoms with E-state index < -0.39 is 0 Å². The zero-order valence-electron chi connectivity index (χ0n) is 15.4. The largest absolute Gasteiger partial charge is 0.472 e. The van der Waals surface area contributed by atoms with E-state index in [1.807, 2.05) is 77.7 Å². The van der Waals surface area contributed by atoms with E-state index in [-0.39, 0.29) is 17.9 Å². The van der Waals surface area contributed by atoms with Crippen LogP contribution < -0.4 is 4.74 Å². The first-order valence-corrected chi connectivity index (χ1v) is 10.2. The number of hydrogen-bond donors (Lipinski definition) is 0. The summed E-state index contributed by atoms with van der Waals surface area (Å²) < 4.78 is 6.89. The van der Waals surface area contributed by atoms with Crippen LogP contribution in [0.15, 0.2) is 83.5 Å². The zero-order chi connectivity index (χ0) is 19.3. The fraction of sp³-hybridized carbons (Fsp3) is 0.217. The number of halogens is 1. The summed E-state index contributed by atoms with van der Waals surface area (Å²) in [6.45, 7) is 1.27. The number of carbonyl (C=O) groups is 1. The van der Waals surface area contributed by atoms with E-state index in [2.05, 4.69) is 20.9 Å². The number of pyridine rings is 1. The number of ether oxygens (including phenoxy) is 1. The summed E-state index contributed by atoms with van der Waals surface area (Å²) in [6, 6.07) is 23.7. The summed E-state index contributed by atoms with van der Waals surface area (Å²) in [5, 5.41) is 0.